The molecule has 0 aromatic heterocycles. The highest BCUT2D eigenvalue weighted by Crippen LogP contribution is 2.15. The standard InChI is InChI=1S/C9H18N2O6/c1-7(2)5-4-6-9(17-11(14)15)8(3)16-10(12)13/h7-9H,4-6H2,1-3H3/t8-,9-/m0/s1. The van der Waals surface area contributed by atoms with Crippen molar-refractivity contribution in [1.82, 2.24) is 0 Å². The molecule has 0 aliphatic carbocycles. The Balaban J connectivity index is 4.21. The average molecular weight is 250 g/mol. The summed E-state index contributed by atoms with van der Waals surface area (Å²) >= 11 is 0. The van der Waals surface area contributed by atoms with Crippen LogP contribution in [0.1, 0.15) is 40.0 Å². The van der Waals surface area contributed by atoms with Gasteiger partial charge >= 0.3 is 0 Å². The van der Waals surface area contributed by atoms with Crippen LogP contribution in [0.4, 0.5) is 0 Å². The maximum absolute atomic E-state index is 10.3. The van der Waals surface area contributed by atoms with Gasteiger partial charge in [0.2, 0.25) is 0 Å². The van der Waals surface area contributed by atoms with Gasteiger partial charge in [0, 0.05) is 0 Å². The maximum Gasteiger partial charge on any atom is 0.294 e. The van der Waals surface area contributed by atoms with E-state index in [9.17, 15) is 20.2 Å². The third-order valence-corrected chi connectivity index (χ3v) is 2.27. The van der Waals surface area contributed by atoms with E-state index < -0.39 is 22.4 Å². The van der Waals surface area contributed by atoms with Gasteiger partial charge < -0.3 is 9.68 Å². The molecule has 0 radical (unpaired) electrons. The minimum Gasteiger partial charge on any atom is -0.309 e. The molecule has 0 unspecified atom stereocenters. The van der Waals surface area contributed by atoms with Crippen LogP contribution in [0.15, 0.2) is 0 Å². The third kappa shape index (κ3) is 8.23. The summed E-state index contributed by atoms with van der Waals surface area (Å²) in [5.41, 5.74) is 0. The van der Waals surface area contributed by atoms with E-state index in [0.29, 0.717) is 18.8 Å². The summed E-state index contributed by atoms with van der Waals surface area (Å²) in [4.78, 5) is 29.0. The fourth-order valence-electron chi connectivity index (χ4n) is 1.41. The first-order chi connectivity index (χ1) is 7.82. The first-order valence-corrected chi connectivity index (χ1v) is 5.45. The Bertz CT molecular complexity index is 258. The predicted molar refractivity (Wildman–Crippen MR) is 58.1 cm³/mol. The Morgan fingerprint density at radius 2 is 1.53 bits per heavy atom. The Morgan fingerprint density at radius 1 is 1.00 bits per heavy atom. The van der Waals surface area contributed by atoms with E-state index in [1.807, 2.05) is 13.8 Å². The molecule has 8 heteroatoms. The van der Waals surface area contributed by atoms with E-state index in [1.54, 1.807) is 0 Å². The third-order valence-electron chi connectivity index (χ3n) is 2.27. The highest BCUT2D eigenvalue weighted by atomic mass is 17.0. The minimum atomic E-state index is -0.969. The predicted octanol–water partition coefficient (Wildman–Crippen LogP) is 1.99. The fraction of sp³-hybridized carbons (Fsp3) is 1.00. The van der Waals surface area contributed by atoms with Crippen molar-refractivity contribution in [3.05, 3.63) is 20.2 Å². The van der Waals surface area contributed by atoms with Gasteiger partial charge in [-0.15, -0.1) is 20.2 Å². The Morgan fingerprint density at radius 3 is 1.94 bits per heavy atom. The fourth-order valence-corrected chi connectivity index (χ4v) is 1.41. The molecule has 0 aromatic carbocycles. The summed E-state index contributed by atoms with van der Waals surface area (Å²) in [7, 11) is 0. The van der Waals surface area contributed by atoms with Crippen molar-refractivity contribution in [2.45, 2.75) is 52.2 Å². The second-order valence-electron chi connectivity index (χ2n) is 4.23. The highest BCUT2D eigenvalue weighted by Gasteiger charge is 2.24. The van der Waals surface area contributed by atoms with Gasteiger partial charge in [-0.3, -0.25) is 0 Å². The molecule has 0 fully saturated rings. The molecular formula is C9H18N2O6. The number of hydrogen-bond acceptors (Lipinski definition) is 6. The topological polar surface area (TPSA) is 105 Å². The van der Waals surface area contributed by atoms with Gasteiger partial charge in [0.25, 0.3) is 10.2 Å². The van der Waals surface area contributed by atoms with Crippen LogP contribution in [0.25, 0.3) is 0 Å². The lowest BCUT2D eigenvalue weighted by atomic mass is 10.0. The van der Waals surface area contributed by atoms with Gasteiger partial charge in [0.15, 0.2) is 0 Å². The normalized spacial score (nSPS) is 14.1. The van der Waals surface area contributed by atoms with Gasteiger partial charge in [-0.2, -0.15) is 0 Å². The zero-order chi connectivity index (χ0) is 13.4. The van der Waals surface area contributed by atoms with Crippen molar-refractivity contribution in [2.24, 2.45) is 5.92 Å². The molecule has 0 spiro atoms. The zero-order valence-electron chi connectivity index (χ0n) is 10.2. The van der Waals surface area contributed by atoms with Gasteiger partial charge in [-0.05, 0) is 19.3 Å². The molecule has 0 aliphatic heterocycles. The van der Waals surface area contributed by atoms with E-state index in [1.165, 1.54) is 6.92 Å². The largest absolute Gasteiger partial charge is 0.309 e. The quantitative estimate of drug-likeness (QED) is 0.457. The SMILES string of the molecule is CC(C)CCC[C@H](O[N+](=O)[O-])[C@H](C)O[N+](=O)[O-]. The number of nitrogens with zero attached hydrogens (tertiary/aromatic N) is 2. The van der Waals surface area contributed by atoms with Crippen molar-refractivity contribution in [1.29, 1.82) is 0 Å². The van der Waals surface area contributed by atoms with E-state index in [-0.39, 0.29) is 0 Å². The smallest absolute Gasteiger partial charge is 0.294 e. The molecule has 100 valence electrons. The van der Waals surface area contributed by atoms with Crippen LogP contribution in [-0.2, 0) is 9.68 Å². The molecule has 17 heavy (non-hydrogen) atoms. The van der Waals surface area contributed by atoms with E-state index in [4.69, 9.17) is 0 Å². The molecule has 0 saturated carbocycles. The number of rotatable bonds is 9. The van der Waals surface area contributed by atoms with Crippen LogP contribution in [0.5, 0.6) is 0 Å². The zero-order valence-corrected chi connectivity index (χ0v) is 10.2. The summed E-state index contributed by atoms with van der Waals surface area (Å²) in [6.07, 6.45) is 0.0649. The summed E-state index contributed by atoms with van der Waals surface area (Å²) in [5, 5.41) is 18.5. The van der Waals surface area contributed by atoms with Crippen LogP contribution < -0.4 is 0 Å². The van der Waals surface area contributed by atoms with Gasteiger partial charge in [-0.25, -0.2) is 0 Å². The average Bonchev–Trinajstić information content (AvgIpc) is 2.13. The molecular weight excluding hydrogens is 232 g/mol. The van der Waals surface area contributed by atoms with E-state index >= 15 is 0 Å². The monoisotopic (exact) mass is 250 g/mol. The van der Waals surface area contributed by atoms with Crippen LogP contribution in [0.3, 0.4) is 0 Å². The van der Waals surface area contributed by atoms with Gasteiger partial charge in [0.05, 0.1) is 0 Å². The lowest BCUT2D eigenvalue weighted by Gasteiger charge is -2.20. The minimum absolute atomic E-state index is 0.355. The summed E-state index contributed by atoms with van der Waals surface area (Å²) in [6, 6.07) is 0. The Kier molecular flexibility index (Phi) is 6.92. The number of hydrogen-bond donors (Lipinski definition) is 0. The molecule has 0 aliphatic rings. The van der Waals surface area contributed by atoms with Crippen molar-refractivity contribution < 1.29 is 19.8 Å². The molecule has 0 amide bonds. The second kappa shape index (κ2) is 7.64. The van der Waals surface area contributed by atoms with Crippen molar-refractivity contribution in [3.63, 3.8) is 0 Å². The summed E-state index contributed by atoms with van der Waals surface area (Å²) in [5.74, 6) is 0.470. The van der Waals surface area contributed by atoms with Crippen molar-refractivity contribution in [2.75, 3.05) is 0 Å². The van der Waals surface area contributed by atoms with Crippen LogP contribution in [0, 0.1) is 26.1 Å². The molecule has 0 aromatic rings. The van der Waals surface area contributed by atoms with E-state index in [0.717, 1.165) is 6.42 Å². The van der Waals surface area contributed by atoms with Crippen LogP contribution in [0.2, 0.25) is 0 Å². The second-order valence-corrected chi connectivity index (χ2v) is 4.23. The maximum atomic E-state index is 10.3. The summed E-state index contributed by atoms with van der Waals surface area (Å²) in [6.45, 7) is 5.44. The lowest BCUT2D eigenvalue weighted by molar-refractivity contribution is -0.798. The van der Waals surface area contributed by atoms with Gasteiger partial charge in [-0.1, -0.05) is 26.7 Å². The highest BCUT2D eigenvalue weighted by molar-refractivity contribution is 4.64. The lowest BCUT2D eigenvalue weighted by Crippen LogP contribution is -2.32. The molecule has 2 atom stereocenters. The Labute approximate surface area is 99.1 Å². The molecule has 0 heterocycles. The molecule has 0 N–H and O–H groups in total. The Hall–Kier alpha value is -1.60. The van der Waals surface area contributed by atoms with Crippen LogP contribution in [-0.4, -0.2) is 22.4 Å². The molecule has 0 rings (SSSR count). The molecule has 8 nitrogen and oxygen atoms in total. The van der Waals surface area contributed by atoms with Crippen LogP contribution >= 0.6 is 0 Å². The van der Waals surface area contributed by atoms with Crippen molar-refractivity contribution >= 4 is 0 Å². The molecule has 0 bridgehead atoms. The molecule has 0 saturated heterocycles. The summed E-state index contributed by atoms with van der Waals surface area (Å²) < 4.78 is 0. The van der Waals surface area contributed by atoms with Gasteiger partial charge in [0.1, 0.15) is 12.2 Å². The van der Waals surface area contributed by atoms with Crippen molar-refractivity contribution in [3.8, 4) is 0 Å². The first kappa shape index (κ1) is 15.4. The van der Waals surface area contributed by atoms with E-state index in [2.05, 4.69) is 9.68 Å². The first-order valence-electron chi connectivity index (χ1n) is 5.45.